The first kappa shape index (κ1) is 10.4. The highest BCUT2D eigenvalue weighted by molar-refractivity contribution is 6.03. The van der Waals surface area contributed by atoms with Gasteiger partial charge in [0, 0.05) is 23.4 Å². The van der Waals surface area contributed by atoms with Gasteiger partial charge >= 0.3 is 0 Å². The minimum atomic E-state index is 0.230. The Morgan fingerprint density at radius 3 is 2.94 bits per heavy atom. The van der Waals surface area contributed by atoms with E-state index in [-0.39, 0.29) is 5.78 Å². The number of Topliss-reactive ketones (excluding diaryl/α,β-unsaturated/α-hetero) is 1. The molecular weight excluding hydrogens is 214 g/mol. The Kier molecular flexibility index (Phi) is 2.21. The van der Waals surface area contributed by atoms with Crippen molar-refractivity contribution in [3.8, 4) is 5.75 Å². The Labute approximate surface area is 99.8 Å². The van der Waals surface area contributed by atoms with Crippen molar-refractivity contribution in [3.05, 3.63) is 29.5 Å². The molecule has 0 saturated heterocycles. The number of fused-ring (bicyclic) bond motifs is 3. The topological polar surface area (TPSA) is 42.1 Å². The number of carbonyl (C=O) groups is 1. The number of nitrogens with one attached hydrogen (secondary N) is 1. The highest BCUT2D eigenvalue weighted by atomic mass is 16.5. The molecule has 2 aromatic rings. The van der Waals surface area contributed by atoms with Crippen molar-refractivity contribution in [2.45, 2.75) is 19.8 Å². The summed E-state index contributed by atoms with van der Waals surface area (Å²) >= 11 is 0. The first-order valence-electron chi connectivity index (χ1n) is 5.91. The second-order valence-corrected chi connectivity index (χ2v) is 4.83. The number of H-pyrrole nitrogens is 1. The maximum atomic E-state index is 12.0. The van der Waals surface area contributed by atoms with Crippen LogP contribution in [0.25, 0.3) is 10.9 Å². The molecule has 0 radical (unpaired) electrons. The van der Waals surface area contributed by atoms with Gasteiger partial charge in [-0.3, -0.25) is 4.79 Å². The number of hydrogen-bond donors (Lipinski definition) is 1. The van der Waals surface area contributed by atoms with E-state index in [1.807, 2.05) is 18.2 Å². The van der Waals surface area contributed by atoms with E-state index in [1.54, 1.807) is 7.11 Å². The van der Waals surface area contributed by atoms with Gasteiger partial charge in [0.15, 0.2) is 5.78 Å². The van der Waals surface area contributed by atoms with Crippen molar-refractivity contribution in [1.82, 2.24) is 4.98 Å². The summed E-state index contributed by atoms with van der Waals surface area (Å²) in [4.78, 5) is 15.2. The van der Waals surface area contributed by atoms with Gasteiger partial charge in [-0.1, -0.05) is 6.92 Å². The maximum Gasteiger partial charge on any atom is 0.179 e. The van der Waals surface area contributed by atoms with Crippen LogP contribution < -0.4 is 4.74 Å². The molecule has 1 heterocycles. The average Bonchev–Trinajstić information content (AvgIpc) is 2.67. The minimum absolute atomic E-state index is 0.230. The number of ether oxygens (including phenoxy) is 1. The van der Waals surface area contributed by atoms with Crippen LogP contribution >= 0.6 is 0 Å². The van der Waals surface area contributed by atoms with Crippen LogP contribution in [0.1, 0.15) is 29.4 Å². The highest BCUT2D eigenvalue weighted by Gasteiger charge is 2.26. The molecule has 1 aliphatic carbocycles. The van der Waals surface area contributed by atoms with Gasteiger partial charge in [-0.15, -0.1) is 0 Å². The molecule has 3 nitrogen and oxygen atoms in total. The van der Waals surface area contributed by atoms with Crippen LogP contribution in [-0.2, 0) is 6.42 Å². The van der Waals surface area contributed by atoms with Crippen molar-refractivity contribution in [2.24, 2.45) is 5.92 Å². The molecule has 0 saturated carbocycles. The number of rotatable bonds is 1. The normalized spacial score (nSPS) is 19.4. The standard InChI is InChI=1S/C14H15NO2/c1-8-5-11-10-4-3-9(17-2)7-12(10)15-14(11)13(16)6-8/h3-4,7-8,15H,5-6H2,1-2H3. The lowest BCUT2D eigenvalue weighted by Gasteiger charge is -2.16. The summed E-state index contributed by atoms with van der Waals surface area (Å²) in [5.74, 6) is 1.49. The Hall–Kier alpha value is -1.77. The number of aromatic amines is 1. The third-order valence-electron chi connectivity index (χ3n) is 3.48. The molecule has 0 bridgehead atoms. The molecule has 1 atom stereocenters. The van der Waals surface area contributed by atoms with Gasteiger partial charge in [0.2, 0.25) is 0 Å². The Morgan fingerprint density at radius 2 is 2.18 bits per heavy atom. The zero-order valence-corrected chi connectivity index (χ0v) is 10.0. The van der Waals surface area contributed by atoms with Crippen molar-refractivity contribution in [2.75, 3.05) is 7.11 Å². The molecule has 0 fully saturated rings. The molecule has 3 rings (SSSR count). The van der Waals surface area contributed by atoms with Crippen LogP contribution in [0.3, 0.4) is 0 Å². The maximum absolute atomic E-state index is 12.0. The molecule has 3 heteroatoms. The third kappa shape index (κ3) is 1.54. The number of benzene rings is 1. The van der Waals surface area contributed by atoms with E-state index in [4.69, 9.17) is 4.74 Å². The van der Waals surface area contributed by atoms with Crippen molar-refractivity contribution in [3.63, 3.8) is 0 Å². The van der Waals surface area contributed by atoms with Gasteiger partial charge in [-0.05, 0) is 30.0 Å². The quantitative estimate of drug-likeness (QED) is 0.816. The summed E-state index contributed by atoms with van der Waals surface area (Å²) in [6.45, 7) is 2.13. The molecule has 0 spiro atoms. The third-order valence-corrected chi connectivity index (χ3v) is 3.48. The lowest BCUT2D eigenvalue weighted by atomic mass is 9.87. The predicted molar refractivity (Wildman–Crippen MR) is 66.7 cm³/mol. The number of carbonyl (C=O) groups excluding carboxylic acids is 1. The van der Waals surface area contributed by atoms with E-state index in [9.17, 15) is 4.79 Å². The average molecular weight is 229 g/mol. The zero-order valence-electron chi connectivity index (χ0n) is 10.0. The summed E-state index contributed by atoms with van der Waals surface area (Å²) in [7, 11) is 1.65. The lowest BCUT2D eigenvalue weighted by molar-refractivity contribution is 0.0949. The molecule has 1 aromatic carbocycles. The molecule has 1 aliphatic rings. The van der Waals surface area contributed by atoms with Gasteiger partial charge in [0.1, 0.15) is 5.75 Å². The number of ketones is 1. The van der Waals surface area contributed by atoms with Crippen LogP contribution in [-0.4, -0.2) is 17.9 Å². The second kappa shape index (κ2) is 3.62. The van der Waals surface area contributed by atoms with E-state index in [1.165, 1.54) is 5.56 Å². The van der Waals surface area contributed by atoms with Crippen molar-refractivity contribution >= 4 is 16.7 Å². The SMILES string of the molecule is COc1ccc2c3c([nH]c2c1)C(=O)CC(C)C3. The molecule has 17 heavy (non-hydrogen) atoms. The fraction of sp³-hybridized carbons (Fsp3) is 0.357. The lowest BCUT2D eigenvalue weighted by Crippen LogP contribution is -2.17. The first-order valence-corrected chi connectivity index (χ1v) is 5.91. The fourth-order valence-electron chi connectivity index (χ4n) is 2.65. The molecule has 1 unspecified atom stereocenters. The zero-order chi connectivity index (χ0) is 12.0. The molecule has 1 aromatic heterocycles. The summed E-state index contributed by atoms with van der Waals surface area (Å²) in [6.07, 6.45) is 1.63. The number of aromatic nitrogens is 1. The van der Waals surface area contributed by atoms with Gasteiger partial charge in [-0.25, -0.2) is 0 Å². The Bertz CT molecular complexity index is 598. The van der Waals surface area contributed by atoms with Crippen molar-refractivity contribution in [1.29, 1.82) is 0 Å². The van der Waals surface area contributed by atoms with Gasteiger partial charge in [0.25, 0.3) is 0 Å². The van der Waals surface area contributed by atoms with Crippen LogP contribution in [0, 0.1) is 5.92 Å². The number of methoxy groups -OCH3 is 1. The van der Waals surface area contributed by atoms with Crippen LogP contribution in [0.2, 0.25) is 0 Å². The van der Waals surface area contributed by atoms with Gasteiger partial charge in [0.05, 0.1) is 12.8 Å². The molecular formula is C14H15NO2. The summed E-state index contributed by atoms with van der Waals surface area (Å²) in [6, 6.07) is 5.93. The first-order chi connectivity index (χ1) is 8.19. The molecule has 0 aliphatic heterocycles. The van der Waals surface area contributed by atoms with E-state index in [0.717, 1.165) is 28.8 Å². The predicted octanol–water partition coefficient (Wildman–Crippen LogP) is 2.94. The minimum Gasteiger partial charge on any atom is -0.497 e. The summed E-state index contributed by atoms with van der Waals surface area (Å²) in [5, 5.41) is 1.15. The van der Waals surface area contributed by atoms with Crippen LogP contribution in [0.5, 0.6) is 5.75 Å². The highest BCUT2D eigenvalue weighted by Crippen LogP contribution is 2.33. The van der Waals surface area contributed by atoms with Gasteiger partial charge in [-0.2, -0.15) is 0 Å². The fourth-order valence-corrected chi connectivity index (χ4v) is 2.65. The molecule has 0 amide bonds. The summed E-state index contributed by atoms with van der Waals surface area (Å²) < 4.78 is 5.20. The summed E-state index contributed by atoms with van der Waals surface area (Å²) in [5.41, 5.74) is 2.97. The van der Waals surface area contributed by atoms with Crippen LogP contribution in [0.4, 0.5) is 0 Å². The van der Waals surface area contributed by atoms with E-state index < -0.39 is 0 Å². The van der Waals surface area contributed by atoms with E-state index in [0.29, 0.717) is 12.3 Å². The Balaban J connectivity index is 2.24. The van der Waals surface area contributed by atoms with Gasteiger partial charge < -0.3 is 9.72 Å². The Morgan fingerprint density at radius 1 is 1.35 bits per heavy atom. The van der Waals surface area contributed by atoms with Crippen molar-refractivity contribution < 1.29 is 9.53 Å². The molecule has 1 N–H and O–H groups in total. The second-order valence-electron chi connectivity index (χ2n) is 4.83. The number of hydrogen-bond acceptors (Lipinski definition) is 2. The monoisotopic (exact) mass is 229 g/mol. The largest absolute Gasteiger partial charge is 0.497 e. The smallest absolute Gasteiger partial charge is 0.179 e. The van der Waals surface area contributed by atoms with E-state index >= 15 is 0 Å². The molecule has 88 valence electrons. The van der Waals surface area contributed by atoms with E-state index in [2.05, 4.69) is 11.9 Å². The van der Waals surface area contributed by atoms with Crippen LogP contribution in [0.15, 0.2) is 18.2 Å².